The number of benzene rings is 2. The highest BCUT2D eigenvalue weighted by molar-refractivity contribution is 7.92. The molecule has 26 heavy (non-hydrogen) atoms. The Labute approximate surface area is 163 Å². The van der Waals surface area contributed by atoms with Gasteiger partial charge in [0.05, 0.1) is 17.0 Å². The van der Waals surface area contributed by atoms with Gasteiger partial charge in [-0.05, 0) is 35.7 Å². The van der Waals surface area contributed by atoms with E-state index in [4.69, 9.17) is 23.2 Å². The smallest absolute Gasteiger partial charge is 0.243 e. The Balaban J connectivity index is 1.84. The molecule has 0 atom stereocenters. The van der Waals surface area contributed by atoms with E-state index in [1.807, 2.05) is 24.3 Å². The predicted octanol–water partition coefficient (Wildman–Crippen LogP) is 3.34. The highest BCUT2D eigenvalue weighted by Crippen LogP contribution is 2.31. The Morgan fingerprint density at radius 3 is 2.54 bits per heavy atom. The SMILES string of the molecule is CS(=O)(=O)N(CC(=O)N1CCc2ccccc2C1)c1cc(Cl)ccc1Cl. The molecule has 0 aliphatic carbocycles. The molecule has 0 saturated carbocycles. The van der Waals surface area contributed by atoms with Crippen molar-refractivity contribution in [1.82, 2.24) is 4.90 Å². The van der Waals surface area contributed by atoms with E-state index in [9.17, 15) is 13.2 Å². The van der Waals surface area contributed by atoms with Crippen LogP contribution in [0.5, 0.6) is 0 Å². The van der Waals surface area contributed by atoms with E-state index in [-0.39, 0.29) is 23.2 Å². The fraction of sp³-hybridized carbons (Fsp3) is 0.278. The van der Waals surface area contributed by atoms with E-state index in [2.05, 4.69) is 0 Å². The average molecular weight is 413 g/mol. The van der Waals surface area contributed by atoms with Crippen molar-refractivity contribution in [2.24, 2.45) is 0 Å². The number of rotatable bonds is 4. The zero-order valence-electron chi connectivity index (χ0n) is 14.2. The summed E-state index contributed by atoms with van der Waals surface area (Å²) in [4.78, 5) is 14.4. The van der Waals surface area contributed by atoms with Gasteiger partial charge in [0.2, 0.25) is 15.9 Å². The van der Waals surface area contributed by atoms with Crippen LogP contribution in [0.1, 0.15) is 11.1 Å². The molecule has 2 aromatic carbocycles. The molecule has 8 heteroatoms. The maximum absolute atomic E-state index is 12.8. The molecule has 0 radical (unpaired) electrons. The van der Waals surface area contributed by atoms with Gasteiger partial charge in [-0.2, -0.15) is 0 Å². The highest BCUT2D eigenvalue weighted by atomic mass is 35.5. The number of hydrogen-bond acceptors (Lipinski definition) is 3. The zero-order chi connectivity index (χ0) is 18.9. The lowest BCUT2D eigenvalue weighted by molar-refractivity contribution is -0.130. The molecular formula is C18H18Cl2N2O3S. The van der Waals surface area contributed by atoms with E-state index in [1.165, 1.54) is 17.7 Å². The van der Waals surface area contributed by atoms with Gasteiger partial charge < -0.3 is 4.90 Å². The second-order valence-corrected chi connectivity index (χ2v) is 8.95. The van der Waals surface area contributed by atoms with Crippen LogP contribution in [0.3, 0.4) is 0 Å². The topological polar surface area (TPSA) is 57.7 Å². The van der Waals surface area contributed by atoms with Gasteiger partial charge in [-0.25, -0.2) is 8.42 Å². The molecule has 138 valence electrons. The molecule has 0 N–H and O–H groups in total. The Hall–Kier alpha value is -1.76. The zero-order valence-corrected chi connectivity index (χ0v) is 16.5. The Kier molecular flexibility index (Phi) is 5.46. The van der Waals surface area contributed by atoms with E-state index in [0.29, 0.717) is 18.1 Å². The Morgan fingerprint density at radius 2 is 1.85 bits per heavy atom. The van der Waals surface area contributed by atoms with Gasteiger partial charge >= 0.3 is 0 Å². The molecule has 2 aromatic rings. The van der Waals surface area contributed by atoms with Crippen LogP contribution in [-0.2, 0) is 27.8 Å². The van der Waals surface area contributed by atoms with Crippen molar-refractivity contribution in [3.05, 3.63) is 63.6 Å². The molecule has 0 spiro atoms. The number of nitrogens with zero attached hydrogens (tertiary/aromatic N) is 2. The first-order valence-corrected chi connectivity index (χ1v) is 10.6. The summed E-state index contributed by atoms with van der Waals surface area (Å²) in [6.07, 6.45) is 1.79. The van der Waals surface area contributed by atoms with Crippen molar-refractivity contribution in [2.45, 2.75) is 13.0 Å². The Bertz CT molecular complexity index is 947. The third-order valence-electron chi connectivity index (χ3n) is 4.34. The lowest BCUT2D eigenvalue weighted by atomic mass is 10.00. The Morgan fingerprint density at radius 1 is 1.15 bits per heavy atom. The van der Waals surface area contributed by atoms with Crippen molar-refractivity contribution in [3.8, 4) is 0 Å². The maximum atomic E-state index is 12.8. The van der Waals surface area contributed by atoms with E-state index >= 15 is 0 Å². The van der Waals surface area contributed by atoms with Gasteiger partial charge in [0.1, 0.15) is 6.54 Å². The summed E-state index contributed by atoms with van der Waals surface area (Å²) < 4.78 is 25.5. The van der Waals surface area contributed by atoms with Crippen LogP contribution in [0.15, 0.2) is 42.5 Å². The van der Waals surface area contributed by atoms with Crippen LogP contribution < -0.4 is 4.31 Å². The third kappa shape index (κ3) is 4.14. The van der Waals surface area contributed by atoms with Gasteiger partial charge in [-0.1, -0.05) is 47.5 Å². The first kappa shape index (κ1) is 19.0. The number of amides is 1. The molecule has 3 rings (SSSR count). The predicted molar refractivity (Wildman–Crippen MR) is 104 cm³/mol. The van der Waals surface area contributed by atoms with Crippen molar-refractivity contribution >= 4 is 44.8 Å². The number of halogens is 2. The van der Waals surface area contributed by atoms with Crippen molar-refractivity contribution in [3.63, 3.8) is 0 Å². The number of sulfonamides is 1. The van der Waals surface area contributed by atoms with Crippen LogP contribution in [0.25, 0.3) is 0 Å². The molecule has 0 saturated heterocycles. The summed E-state index contributed by atoms with van der Waals surface area (Å²) in [7, 11) is -3.71. The van der Waals surface area contributed by atoms with Gasteiger partial charge in [-0.3, -0.25) is 9.10 Å². The van der Waals surface area contributed by atoms with Crippen LogP contribution in [0.4, 0.5) is 5.69 Å². The first-order chi connectivity index (χ1) is 12.3. The minimum Gasteiger partial charge on any atom is -0.336 e. The second kappa shape index (κ2) is 7.47. The molecule has 0 aromatic heterocycles. The average Bonchev–Trinajstić information content (AvgIpc) is 2.60. The number of hydrogen-bond donors (Lipinski definition) is 0. The third-order valence-corrected chi connectivity index (χ3v) is 6.02. The quantitative estimate of drug-likeness (QED) is 0.773. The van der Waals surface area contributed by atoms with Crippen LogP contribution in [-0.4, -0.2) is 38.6 Å². The molecule has 1 aliphatic heterocycles. The summed E-state index contributed by atoms with van der Waals surface area (Å²) in [6.45, 7) is 0.702. The lowest BCUT2D eigenvalue weighted by Crippen LogP contribution is -2.44. The van der Waals surface area contributed by atoms with Crippen LogP contribution >= 0.6 is 23.2 Å². The molecule has 0 unspecified atom stereocenters. The minimum absolute atomic E-state index is 0.201. The standard InChI is InChI=1S/C18H18Cl2N2O3S/c1-26(24,25)22(17-10-15(19)6-7-16(17)20)12-18(23)21-9-8-13-4-2-3-5-14(13)11-21/h2-7,10H,8-9,11-12H2,1H3. The number of carbonyl (C=O) groups is 1. The fourth-order valence-corrected chi connectivity index (χ4v) is 4.28. The molecule has 1 amide bonds. The summed E-state index contributed by atoms with van der Waals surface area (Å²) in [5.41, 5.74) is 2.50. The van der Waals surface area contributed by atoms with Crippen molar-refractivity contribution in [2.75, 3.05) is 23.7 Å². The van der Waals surface area contributed by atoms with Gasteiger partial charge in [0.25, 0.3) is 0 Å². The molecule has 0 bridgehead atoms. The van der Waals surface area contributed by atoms with E-state index in [0.717, 1.165) is 22.5 Å². The van der Waals surface area contributed by atoms with Gasteiger partial charge in [0, 0.05) is 18.1 Å². The summed E-state index contributed by atoms with van der Waals surface area (Å²) >= 11 is 12.1. The van der Waals surface area contributed by atoms with Crippen molar-refractivity contribution in [1.29, 1.82) is 0 Å². The largest absolute Gasteiger partial charge is 0.336 e. The molecule has 0 fully saturated rings. The van der Waals surface area contributed by atoms with E-state index < -0.39 is 10.0 Å². The fourth-order valence-electron chi connectivity index (χ4n) is 2.99. The number of fused-ring (bicyclic) bond motifs is 1. The van der Waals surface area contributed by atoms with Crippen LogP contribution in [0, 0.1) is 0 Å². The highest BCUT2D eigenvalue weighted by Gasteiger charge is 2.27. The van der Waals surface area contributed by atoms with Gasteiger partial charge in [-0.15, -0.1) is 0 Å². The second-order valence-electron chi connectivity index (χ2n) is 6.20. The molecule has 5 nitrogen and oxygen atoms in total. The molecular weight excluding hydrogens is 395 g/mol. The summed E-state index contributed by atoms with van der Waals surface area (Å²) in [6, 6.07) is 12.5. The van der Waals surface area contributed by atoms with Crippen molar-refractivity contribution < 1.29 is 13.2 Å². The number of anilines is 1. The normalized spacial score (nSPS) is 14.0. The summed E-state index contributed by atoms with van der Waals surface area (Å²) in [5, 5.41) is 0.564. The van der Waals surface area contributed by atoms with Gasteiger partial charge in [0.15, 0.2) is 0 Å². The van der Waals surface area contributed by atoms with E-state index in [1.54, 1.807) is 11.0 Å². The minimum atomic E-state index is -3.71. The molecule has 1 heterocycles. The summed E-state index contributed by atoms with van der Waals surface area (Å²) in [5.74, 6) is -0.277. The first-order valence-electron chi connectivity index (χ1n) is 8.03. The maximum Gasteiger partial charge on any atom is 0.243 e. The van der Waals surface area contributed by atoms with Crippen LogP contribution in [0.2, 0.25) is 10.0 Å². The number of carbonyl (C=O) groups excluding carboxylic acids is 1. The monoisotopic (exact) mass is 412 g/mol. The molecule has 1 aliphatic rings. The lowest BCUT2D eigenvalue weighted by Gasteiger charge is -2.31.